The SMILES string of the molecule is CSCc1ccc(CNc2cc(S(N)(=O)=O)ccc2Cl)o1. The summed E-state index contributed by atoms with van der Waals surface area (Å²) in [6.07, 6.45) is 2.00. The van der Waals surface area contributed by atoms with Crippen molar-refractivity contribution in [2.75, 3.05) is 11.6 Å². The number of sulfonamides is 1. The summed E-state index contributed by atoms with van der Waals surface area (Å²) in [5.74, 6) is 2.45. The van der Waals surface area contributed by atoms with Crippen LogP contribution in [0.4, 0.5) is 5.69 Å². The summed E-state index contributed by atoms with van der Waals surface area (Å²) in [5.41, 5.74) is 0.492. The zero-order chi connectivity index (χ0) is 15.5. The average molecular weight is 347 g/mol. The lowest BCUT2D eigenvalue weighted by molar-refractivity contribution is 0.487. The lowest BCUT2D eigenvalue weighted by atomic mass is 10.3. The summed E-state index contributed by atoms with van der Waals surface area (Å²) in [7, 11) is -3.75. The Hall–Kier alpha value is -1.15. The molecule has 8 heteroatoms. The Morgan fingerprint density at radius 3 is 2.67 bits per heavy atom. The Morgan fingerprint density at radius 1 is 1.29 bits per heavy atom. The second-order valence-corrected chi connectivity index (χ2v) is 7.18. The van der Waals surface area contributed by atoms with Crippen LogP contribution >= 0.6 is 23.4 Å². The van der Waals surface area contributed by atoms with Gasteiger partial charge < -0.3 is 9.73 Å². The molecule has 0 atom stereocenters. The number of anilines is 1. The Balaban J connectivity index is 2.12. The number of thioether (sulfide) groups is 1. The number of furan rings is 1. The predicted molar refractivity (Wildman–Crippen MR) is 86.1 cm³/mol. The molecule has 0 spiro atoms. The predicted octanol–water partition coefficient (Wildman–Crippen LogP) is 3.06. The van der Waals surface area contributed by atoms with E-state index in [0.29, 0.717) is 17.3 Å². The molecule has 1 aromatic carbocycles. The molecule has 0 saturated heterocycles. The lowest BCUT2D eigenvalue weighted by Gasteiger charge is -2.08. The van der Waals surface area contributed by atoms with Crippen LogP contribution in [0, 0.1) is 0 Å². The smallest absolute Gasteiger partial charge is 0.238 e. The summed E-state index contributed by atoms with van der Waals surface area (Å²) >= 11 is 7.71. The van der Waals surface area contributed by atoms with Crippen molar-refractivity contribution in [2.24, 2.45) is 5.14 Å². The van der Waals surface area contributed by atoms with Gasteiger partial charge in [-0.1, -0.05) is 11.6 Å². The van der Waals surface area contributed by atoms with E-state index in [4.69, 9.17) is 21.2 Å². The van der Waals surface area contributed by atoms with Gasteiger partial charge in [-0.05, 0) is 36.6 Å². The van der Waals surface area contributed by atoms with Crippen molar-refractivity contribution in [3.8, 4) is 0 Å². The topological polar surface area (TPSA) is 85.3 Å². The molecule has 21 heavy (non-hydrogen) atoms. The highest BCUT2D eigenvalue weighted by molar-refractivity contribution is 7.97. The molecule has 2 rings (SSSR count). The molecule has 0 unspecified atom stereocenters. The van der Waals surface area contributed by atoms with Crippen molar-refractivity contribution in [2.45, 2.75) is 17.2 Å². The Labute approximate surface area is 132 Å². The molecule has 0 amide bonds. The first kappa shape index (κ1) is 16.2. The first-order valence-corrected chi connectivity index (χ1v) is 9.34. The van der Waals surface area contributed by atoms with Gasteiger partial charge in [-0.25, -0.2) is 13.6 Å². The second-order valence-electron chi connectivity index (χ2n) is 4.34. The monoisotopic (exact) mass is 346 g/mol. The molecular formula is C13H15ClN2O3S2. The summed E-state index contributed by atoms with van der Waals surface area (Å²) in [5, 5.41) is 8.56. The van der Waals surface area contributed by atoms with E-state index >= 15 is 0 Å². The molecule has 114 valence electrons. The highest BCUT2D eigenvalue weighted by Crippen LogP contribution is 2.25. The summed E-state index contributed by atoms with van der Waals surface area (Å²) < 4.78 is 28.3. The molecular weight excluding hydrogens is 332 g/mol. The van der Waals surface area contributed by atoms with Crippen molar-refractivity contribution in [1.82, 2.24) is 0 Å². The van der Waals surface area contributed by atoms with Crippen LogP contribution in [0.3, 0.4) is 0 Å². The van der Waals surface area contributed by atoms with E-state index in [0.717, 1.165) is 17.3 Å². The fourth-order valence-corrected chi connectivity index (χ4v) is 2.90. The molecule has 2 aromatic rings. The van der Waals surface area contributed by atoms with Crippen molar-refractivity contribution >= 4 is 39.1 Å². The van der Waals surface area contributed by atoms with Crippen molar-refractivity contribution < 1.29 is 12.8 Å². The van der Waals surface area contributed by atoms with E-state index in [2.05, 4.69) is 5.32 Å². The van der Waals surface area contributed by atoms with Crippen LogP contribution in [0.5, 0.6) is 0 Å². The Kier molecular flexibility index (Phi) is 5.21. The number of nitrogens with two attached hydrogens (primary N) is 1. The number of benzene rings is 1. The maximum atomic E-state index is 11.3. The summed E-state index contributed by atoms with van der Waals surface area (Å²) in [6, 6.07) is 8.05. The average Bonchev–Trinajstić information content (AvgIpc) is 2.84. The van der Waals surface area contributed by atoms with Crippen LogP contribution in [0.1, 0.15) is 11.5 Å². The van der Waals surface area contributed by atoms with Gasteiger partial charge in [0.25, 0.3) is 0 Å². The first-order chi connectivity index (χ1) is 9.90. The molecule has 0 aliphatic heterocycles. The van der Waals surface area contributed by atoms with E-state index in [9.17, 15) is 8.42 Å². The molecule has 0 saturated carbocycles. The van der Waals surface area contributed by atoms with Crippen LogP contribution < -0.4 is 10.5 Å². The third-order valence-corrected chi connectivity index (χ3v) is 4.54. The lowest BCUT2D eigenvalue weighted by Crippen LogP contribution is -2.12. The Bertz CT molecular complexity index is 729. The second kappa shape index (κ2) is 6.74. The number of rotatable bonds is 6. The zero-order valence-electron chi connectivity index (χ0n) is 11.3. The summed E-state index contributed by atoms with van der Waals surface area (Å²) in [4.78, 5) is 0.0110. The molecule has 0 aliphatic carbocycles. The van der Waals surface area contributed by atoms with Crippen molar-refractivity contribution in [1.29, 1.82) is 0 Å². The third kappa shape index (κ3) is 4.41. The summed E-state index contributed by atoms with van der Waals surface area (Å²) in [6.45, 7) is 0.405. The highest BCUT2D eigenvalue weighted by Gasteiger charge is 2.11. The van der Waals surface area contributed by atoms with Gasteiger partial charge in [0, 0.05) is 0 Å². The van der Waals surface area contributed by atoms with Crippen LogP contribution in [-0.2, 0) is 22.3 Å². The standard InChI is InChI=1S/C13H15ClN2O3S2/c1-20-8-10-3-2-9(19-10)7-16-13-6-11(21(15,17)18)4-5-12(13)14/h2-6,16H,7-8H2,1H3,(H2,15,17,18). The zero-order valence-corrected chi connectivity index (χ0v) is 13.7. The van der Waals surface area contributed by atoms with Gasteiger partial charge in [-0.2, -0.15) is 11.8 Å². The van der Waals surface area contributed by atoms with E-state index in [1.807, 2.05) is 18.4 Å². The van der Waals surface area contributed by atoms with Gasteiger partial charge in [-0.15, -0.1) is 0 Å². The fourth-order valence-electron chi connectivity index (χ4n) is 1.74. The molecule has 5 nitrogen and oxygen atoms in total. The number of hydrogen-bond acceptors (Lipinski definition) is 5. The molecule has 3 N–H and O–H groups in total. The normalized spacial score (nSPS) is 11.6. The molecule has 1 aromatic heterocycles. The molecule has 0 fully saturated rings. The maximum Gasteiger partial charge on any atom is 0.238 e. The Morgan fingerprint density at radius 2 is 2.00 bits per heavy atom. The van der Waals surface area contributed by atoms with Crippen LogP contribution in [0.15, 0.2) is 39.6 Å². The molecule has 1 heterocycles. The molecule has 0 bridgehead atoms. The third-order valence-electron chi connectivity index (χ3n) is 2.72. The minimum absolute atomic E-state index is 0.0110. The fraction of sp³-hybridized carbons (Fsp3) is 0.231. The van der Waals surface area contributed by atoms with Gasteiger partial charge in [0.2, 0.25) is 10.0 Å². The molecule has 0 aliphatic rings. The van der Waals surface area contributed by atoms with Gasteiger partial charge in [0.15, 0.2) is 0 Å². The van der Waals surface area contributed by atoms with E-state index in [-0.39, 0.29) is 4.90 Å². The van der Waals surface area contributed by atoms with Gasteiger partial charge in [-0.3, -0.25) is 0 Å². The van der Waals surface area contributed by atoms with Crippen LogP contribution in [0.25, 0.3) is 0 Å². The minimum atomic E-state index is -3.75. The van der Waals surface area contributed by atoms with Crippen molar-refractivity contribution in [3.05, 3.63) is 46.9 Å². The van der Waals surface area contributed by atoms with Gasteiger partial charge in [0.05, 0.1) is 27.9 Å². The quantitative estimate of drug-likeness (QED) is 0.839. The van der Waals surface area contributed by atoms with E-state index in [1.165, 1.54) is 18.2 Å². The van der Waals surface area contributed by atoms with Crippen LogP contribution in [-0.4, -0.2) is 14.7 Å². The van der Waals surface area contributed by atoms with Crippen LogP contribution in [0.2, 0.25) is 5.02 Å². The number of primary sulfonamides is 1. The number of halogens is 1. The minimum Gasteiger partial charge on any atom is -0.463 e. The maximum absolute atomic E-state index is 11.3. The molecule has 0 radical (unpaired) electrons. The number of nitrogens with one attached hydrogen (secondary N) is 1. The highest BCUT2D eigenvalue weighted by atomic mass is 35.5. The van der Waals surface area contributed by atoms with E-state index < -0.39 is 10.0 Å². The largest absolute Gasteiger partial charge is 0.463 e. The number of hydrogen-bond donors (Lipinski definition) is 2. The van der Waals surface area contributed by atoms with Gasteiger partial charge >= 0.3 is 0 Å². The first-order valence-electron chi connectivity index (χ1n) is 6.03. The van der Waals surface area contributed by atoms with Crippen molar-refractivity contribution in [3.63, 3.8) is 0 Å². The van der Waals surface area contributed by atoms with E-state index in [1.54, 1.807) is 11.8 Å². The van der Waals surface area contributed by atoms with Gasteiger partial charge in [0.1, 0.15) is 11.5 Å².